The maximum atomic E-state index is 12.7. The van der Waals surface area contributed by atoms with Gasteiger partial charge in [0, 0.05) is 0 Å². The molecule has 20 heavy (non-hydrogen) atoms. The van der Waals surface area contributed by atoms with Gasteiger partial charge in [-0.15, -0.1) is 0 Å². The molecule has 1 aliphatic heterocycles. The second-order valence-corrected chi connectivity index (χ2v) is 5.58. The minimum atomic E-state index is -2.63. The SMILES string of the molecule is CCC(C)C1NC(=O)C(C(C)CC)N(CC(F)F)C1=O. The summed E-state index contributed by atoms with van der Waals surface area (Å²) in [7, 11) is 0. The fourth-order valence-corrected chi connectivity index (χ4v) is 2.52. The zero-order valence-corrected chi connectivity index (χ0v) is 12.5. The average Bonchev–Trinajstić information content (AvgIpc) is 2.40. The molecule has 1 aliphatic rings. The van der Waals surface area contributed by atoms with Crippen molar-refractivity contribution in [1.29, 1.82) is 0 Å². The summed E-state index contributed by atoms with van der Waals surface area (Å²) < 4.78 is 25.5. The summed E-state index contributed by atoms with van der Waals surface area (Å²) in [5, 5.41) is 2.71. The number of hydrogen-bond donors (Lipinski definition) is 1. The van der Waals surface area contributed by atoms with E-state index in [0.29, 0.717) is 12.8 Å². The normalized spacial score (nSPS) is 26.6. The minimum absolute atomic E-state index is 0.0653. The molecule has 4 unspecified atom stereocenters. The molecule has 4 atom stereocenters. The molecule has 1 fully saturated rings. The van der Waals surface area contributed by atoms with E-state index in [1.54, 1.807) is 6.92 Å². The summed E-state index contributed by atoms with van der Waals surface area (Å²) in [6.45, 7) is 6.76. The standard InChI is InChI=1S/C14H24F2N2O2/c1-5-8(3)11-14(20)18(7-10(15)16)12(9(4)6-2)13(19)17-11/h8-12H,5-7H2,1-4H3,(H,17,19). The van der Waals surface area contributed by atoms with Gasteiger partial charge in [-0.1, -0.05) is 40.5 Å². The molecule has 0 saturated carbocycles. The Morgan fingerprint density at radius 3 is 2.15 bits per heavy atom. The van der Waals surface area contributed by atoms with Crippen molar-refractivity contribution in [3.8, 4) is 0 Å². The number of carbonyl (C=O) groups excluding carboxylic acids is 2. The van der Waals surface area contributed by atoms with Crippen molar-refractivity contribution >= 4 is 11.8 Å². The molecule has 1 N–H and O–H groups in total. The Labute approximate surface area is 118 Å². The van der Waals surface area contributed by atoms with Gasteiger partial charge >= 0.3 is 0 Å². The first-order chi connectivity index (χ1) is 9.33. The molecule has 4 nitrogen and oxygen atoms in total. The lowest BCUT2D eigenvalue weighted by Crippen LogP contribution is -2.67. The molecule has 0 aromatic carbocycles. The van der Waals surface area contributed by atoms with Gasteiger partial charge in [0.1, 0.15) is 12.1 Å². The highest BCUT2D eigenvalue weighted by Crippen LogP contribution is 2.24. The molecule has 1 heterocycles. The summed E-state index contributed by atoms with van der Waals surface area (Å²) in [5.74, 6) is -0.908. The van der Waals surface area contributed by atoms with Crippen LogP contribution in [0.25, 0.3) is 0 Å². The second kappa shape index (κ2) is 6.99. The molecule has 0 spiro atoms. The van der Waals surface area contributed by atoms with Gasteiger partial charge in [0.05, 0.1) is 6.54 Å². The van der Waals surface area contributed by atoms with Crippen LogP contribution in [0.15, 0.2) is 0 Å². The Bertz CT molecular complexity index is 363. The first-order valence-electron chi connectivity index (χ1n) is 7.22. The fraction of sp³-hybridized carbons (Fsp3) is 0.857. The van der Waals surface area contributed by atoms with Crippen molar-refractivity contribution in [1.82, 2.24) is 10.2 Å². The molecule has 1 rings (SSSR count). The maximum absolute atomic E-state index is 12.7. The molecule has 0 aromatic heterocycles. The third-order valence-corrected chi connectivity index (χ3v) is 4.18. The molecule has 0 aromatic rings. The fourth-order valence-electron chi connectivity index (χ4n) is 2.52. The van der Waals surface area contributed by atoms with Crippen LogP contribution in [0.2, 0.25) is 0 Å². The highest BCUT2D eigenvalue weighted by atomic mass is 19.3. The molecule has 1 saturated heterocycles. The topological polar surface area (TPSA) is 49.4 Å². The van der Waals surface area contributed by atoms with Crippen molar-refractivity contribution in [3.05, 3.63) is 0 Å². The van der Waals surface area contributed by atoms with E-state index >= 15 is 0 Å². The lowest BCUT2D eigenvalue weighted by molar-refractivity contribution is -0.155. The number of nitrogens with one attached hydrogen (secondary N) is 1. The lowest BCUT2D eigenvalue weighted by Gasteiger charge is -2.42. The Hall–Kier alpha value is -1.20. The first kappa shape index (κ1) is 16.9. The Morgan fingerprint density at radius 2 is 1.70 bits per heavy atom. The summed E-state index contributed by atoms with van der Waals surface area (Å²) in [6.07, 6.45) is -1.28. The highest BCUT2D eigenvalue weighted by molar-refractivity contribution is 5.97. The zero-order valence-electron chi connectivity index (χ0n) is 12.5. The molecule has 6 heteroatoms. The third-order valence-electron chi connectivity index (χ3n) is 4.18. The predicted octanol–water partition coefficient (Wildman–Crippen LogP) is 2.04. The van der Waals surface area contributed by atoms with Gasteiger partial charge < -0.3 is 10.2 Å². The number of carbonyl (C=O) groups is 2. The molecule has 0 bridgehead atoms. The first-order valence-corrected chi connectivity index (χ1v) is 7.22. The van der Waals surface area contributed by atoms with Crippen LogP contribution in [-0.2, 0) is 9.59 Å². The van der Waals surface area contributed by atoms with Gasteiger partial charge in [-0.25, -0.2) is 8.78 Å². The van der Waals surface area contributed by atoms with Gasteiger partial charge in [0.15, 0.2) is 0 Å². The van der Waals surface area contributed by atoms with Crippen LogP contribution in [0.1, 0.15) is 40.5 Å². The van der Waals surface area contributed by atoms with Gasteiger partial charge in [-0.2, -0.15) is 0 Å². The van der Waals surface area contributed by atoms with Crippen LogP contribution < -0.4 is 5.32 Å². The molecule has 0 aliphatic carbocycles. The molecular weight excluding hydrogens is 266 g/mol. The van der Waals surface area contributed by atoms with E-state index in [2.05, 4.69) is 5.32 Å². The largest absolute Gasteiger partial charge is 0.342 e. The van der Waals surface area contributed by atoms with E-state index in [1.807, 2.05) is 20.8 Å². The van der Waals surface area contributed by atoms with Gasteiger partial charge in [-0.05, 0) is 11.8 Å². The van der Waals surface area contributed by atoms with E-state index in [9.17, 15) is 18.4 Å². The quantitative estimate of drug-likeness (QED) is 0.814. The Kier molecular flexibility index (Phi) is 5.89. The van der Waals surface area contributed by atoms with E-state index in [4.69, 9.17) is 0 Å². The van der Waals surface area contributed by atoms with Crippen LogP contribution in [-0.4, -0.2) is 41.8 Å². The minimum Gasteiger partial charge on any atom is -0.342 e. The van der Waals surface area contributed by atoms with Crippen molar-refractivity contribution in [2.75, 3.05) is 6.54 Å². The molecule has 0 radical (unpaired) electrons. The van der Waals surface area contributed by atoms with Crippen molar-refractivity contribution < 1.29 is 18.4 Å². The molecular formula is C14H24F2N2O2. The number of rotatable bonds is 6. The van der Waals surface area contributed by atoms with Gasteiger partial charge in [0.25, 0.3) is 6.43 Å². The monoisotopic (exact) mass is 290 g/mol. The van der Waals surface area contributed by atoms with Crippen molar-refractivity contribution in [2.45, 2.75) is 59.0 Å². The summed E-state index contributed by atoms with van der Waals surface area (Å²) >= 11 is 0. The summed E-state index contributed by atoms with van der Waals surface area (Å²) in [6, 6.07) is -1.48. The van der Waals surface area contributed by atoms with Gasteiger partial charge in [0.2, 0.25) is 11.8 Å². The summed E-state index contributed by atoms with van der Waals surface area (Å²) in [5.41, 5.74) is 0. The number of piperazine rings is 1. The van der Waals surface area contributed by atoms with E-state index < -0.39 is 25.1 Å². The second-order valence-electron chi connectivity index (χ2n) is 5.58. The summed E-state index contributed by atoms with van der Waals surface area (Å²) in [4.78, 5) is 25.7. The van der Waals surface area contributed by atoms with Crippen LogP contribution >= 0.6 is 0 Å². The van der Waals surface area contributed by atoms with E-state index in [-0.39, 0.29) is 23.7 Å². The number of alkyl halides is 2. The molecule has 2 amide bonds. The smallest absolute Gasteiger partial charge is 0.255 e. The van der Waals surface area contributed by atoms with Crippen LogP contribution in [0.4, 0.5) is 8.78 Å². The number of halogens is 2. The van der Waals surface area contributed by atoms with Crippen molar-refractivity contribution in [3.63, 3.8) is 0 Å². The van der Waals surface area contributed by atoms with Crippen LogP contribution in [0.3, 0.4) is 0 Å². The third kappa shape index (κ3) is 3.46. The maximum Gasteiger partial charge on any atom is 0.255 e. The lowest BCUT2D eigenvalue weighted by atomic mass is 9.89. The number of hydrogen-bond acceptors (Lipinski definition) is 2. The van der Waals surface area contributed by atoms with Crippen molar-refractivity contribution in [2.24, 2.45) is 11.8 Å². The number of nitrogens with zero attached hydrogens (tertiary/aromatic N) is 1. The van der Waals surface area contributed by atoms with E-state index in [0.717, 1.165) is 4.90 Å². The highest BCUT2D eigenvalue weighted by Gasteiger charge is 2.44. The Balaban J connectivity index is 3.04. The van der Waals surface area contributed by atoms with Crippen LogP contribution in [0, 0.1) is 11.8 Å². The number of amides is 2. The van der Waals surface area contributed by atoms with E-state index in [1.165, 1.54) is 0 Å². The average molecular weight is 290 g/mol. The predicted molar refractivity (Wildman–Crippen MR) is 72.3 cm³/mol. The zero-order chi connectivity index (χ0) is 15.4. The van der Waals surface area contributed by atoms with Gasteiger partial charge in [-0.3, -0.25) is 9.59 Å². The van der Waals surface area contributed by atoms with Crippen LogP contribution in [0.5, 0.6) is 0 Å². The Morgan fingerprint density at radius 1 is 1.15 bits per heavy atom. The molecule has 116 valence electrons.